The molecule has 2 aromatic carbocycles. The van der Waals surface area contributed by atoms with Gasteiger partial charge in [0.25, 0.3) is 0 Å². The maximum Gasteiger partial charge on any atom is 0.150 e. The minimum absolute atomic E-state index is 0.372. The van der Waals surface area contributed by atoms with E-state index < -0.39 is 0 Å². The monoisotopic (exact) mass is 270 g/mol. The van der Waals surface area contributed by atoms with Gasteiger partial charge in [0.1, 0.15) is 24.4 Å². The summed E-state index contributed by atoms with van der Waals surface area (Å²) in [4.78, 5) is 10.9. The lowest BCUT2D eigenvalue weighted by atomic mass is 10.1. The topological polar surface area (TPSA) is 35.5 Å². The van der Waals surface area contributed by atoms with Gasteiger partial charge in [0.2, 0.25) is 0 Å². The number of methoxy groups -OCH3 is 1. The van der Waals surface area contributed by atoms with Gasteiger partial charge in [0.05, 0.1) is 7.11 Å². The molecule has 0 radical (unpaired) electrons. The van der Waals surface area contributed by atoms with Gasteiger partial charge in [0, 0.05) is 11.1 Å². The second-order valence-corrected chi connectivity index (χ2v) is 4.70. The maximum absolute atomic E-state index is 10.9. The van der Waals surface area contributed by atoms with E-state index in [-0.39, 0.29) is 0 Å². The summed E-state index contributed by atoms with van der Waals surface area (Å²) < 4.78 is 11.2. The molecular weight excluding hydrogens is 252 g/mol. The van der Waals surface area contributed by atoms with Gasteiger partial charge in [-0.15, -0.1) is 0 Å². The van der Waals surface area contributed by atoms with Crippen LogP contribution in [0.3, 0.4) is 0 Å². The van der Waals surface area contributed by atoms with Crippen LogP contribution >= 0.6 is 0 Å². The third-order valence-electron chi connectivity index (χ3n) is 3.22. The summed E-state index contributed by atoms with van der Waals surface area (Å²) in [5.41, 5.74) is 3.66. The molecule has 20 heavy (non-hydrogen) atoms. The number of carbonyl (C=O) groups excluding carboxylic acids is 1. The Hall–Kier alpha value is -2.29. The highest BCUT2D eigenvalue weighted by Crippen LogP contribution is 2.26. The van der Waals surface area contributed by atoms with E-state index in [0.29, 0.717) is 12.2 Å². The second-order valence-electron chi connectivity index (χ2n) is 4.70. The van der Waals surface area contributed by atoms with E-state index in [0.717, 1.165) is 34.5 Å². The molecule has 0 N–H and O–H groups in total. The number of hydrogen-bond acceptors (Lipinski definition) is 3. The average molecular weight is 270 g/mol. The van der Waals surface area contributed by atoms with Crippen LogP contribution in [0.2, 0.25) is 0 Å². The number of rotatable bonds is 5. The molecule has 0 bridgehead atoms. The zero-order valence-corrected chi connectivity index (χ0v) is 12.0. The smallest absolute Gasteiger partial charge is 0.150 e. The molecule has 0 aliphatic rings. The van der Waals surface area contributed by atoms with Gasteiger partial charge in [-0.05, 0) is 43.2 Å². The predicted octanol–water partition coefficient (Wildman–Crippen LogP) is 3.70. The number of aryl methyl sites for hydroxylation is 2. The number of para-hydroxylation sites is 1. The lowest BCUT2D eigenvalue weighted by molar-refractivity contribution is 0.112. The minimum atomic E-state index is 0.372. The van der Waals surface area contributed by atoms with Crippen LogP contribution in [0.15, 0.2) is 36.4 Å². The van der Waals surface area contributed by atoms with Crippen molar-refractivity contribution in [2.24, 2.45) is 0 Å². The molecule has 0 unspecified atom stereocenters. The fraction of sp³-hybridized carbons (Fsp3) is 0.235. The first-order chi connectivity index (χ1) is 9.65. The van der Waals surface area contributed by atoms with Gasteiger partial charge in [-0.25, -0.2) is 0 Å². The molecule has 0 saturated heterocycles. The molecule has 3 nitrogen and oxygen atoms in total. The summed E-state index contributed by atoms with van der Waals surface area (Å²) in [6.07, 6.45) is 0.821. The number of hydrogen-bond donors (Lipinski definition) is 0. The highest BCUT2D eigenvalue weighted by Gasteiger charge is 2.08. The molecule has 2 aromatic rings. The van der Waals surface area contributed by atoms with E-state index >= 15 is 0 Å². The molecule has 0 aliphatic carbocycles. The number of aldehydes is 1. The summed E-state index contributed by atoms with van der Waals surface area (Å²) in [5, 5.41) is 0. The van der Waals surface area contributed by atoms with E-state index in [1.54, 1.807) is 25.3 Å². The molecule has 0 saturated carbocycles. The summed E-state index contributed by atoms with van der Waals surface area (Å²) in [7, 11) is 1.61. The van der Waals surface area contributed by atoms with Crippen LogP contribution in [0.4, 0.5) is 0 Å². The maximum atomic E-state index is 10.9. The first-order valence-corrected chi connectivity index (χ1v) is 6.47. The number of benzene rings is 2. The van der Waals surface area contributed by atoms with E-state index in [9.17, 15) is 4.79 Å². The Bertz CT molecular complexity index is 597. The van der Waals surface area contributed by atoms with Crippen molar-refractivity contribution in [3.05, 3.63) is 58.7 Å². The third-order valence-corrected chi connectivity index (χ3v) is 3.22. The number of ether oxygens (including phenoxy) is 2. The fourth-order valence-electron chi connectivity index (χ4n) is 2.16. The van der Waals surface area contributed by atoms with E-state index in [1.165, 1.54) is 0 Å². The molecule has 0 aliphatic heterocycles. The van der Waals surface area contributed by atoms with Crippen LogP contribution in [-0.2, 0) is 6.61 Å². The zero-order chi connectivity index (χ0) is 14.5. The number of carbonyl (C=O) groups is 1. The molecule has 3 heteroatoms. The first kappa shape index (κ1) is 14.1. The summed E-state index contributed by atoms with van der Waals surface area (Å²) in [5.74, 6) is 1.60. The lowest BCUT2D eigenvalue weighted by Crippen LogP contribution is -2.02. The van der Waals surface area contributed by atoms with Crippen LogP contribution in [0, 0.1) is 13.8 Å². The van der Waals surface area contributed by atoms with Crippen LogP contribution in [-0.4, -0.2) is 13.4 Å². The SMILES string of the molecule is COc1ccc(C=O)cc1COc1c(C)cccc1C. The van der Waals surface area contributed by atoms with Crippen molar-refractivity contribution in [1.29, 1.82) is 0 Å². The summed E-state index contributed by atoms with van der Waals surface area (Å²) >= 11 is 0. The standard InChI is InChI=1S/C17H18O3/c1-12-5-4-6-13(2)17(12)20-11-15-9-14(10-18)7-8-16(15)19-3/h4-10H,11H2,1-3H3. The Morgan fingerprint density at radius 1 is 1.10 bits per heavy atom. The van der Waals surface area contributed by atoms with Crippen molar-refractivity contribution >= 4 is 6.29 Å². The van der Waals surface area contributed by atoms with E-state index in [4.69, 9.17) is 9.47 Å². The van der Waals surface area contributed by atoms with Gasteiger partial charge in [-0.1, -0.05) is 18.2 Å². The predicted molar refractivity (Wildman–Crippen MR) is 78.6 cm³/mol. The van der Waals surface area contributed by atoms with Crippen molar-refractivity contribution in [3.63, 3.8) is 0 Å². The molecule has 0 atom stereocenters. The molecule has 2 rings (SSSR count). The van der Waals surface area contributed by atoms with Crippen LogP contribution < -0.4 is 9.47 Å². The van der Waals surface area contributed by atoms with Gasteiger partial charge in [-0.3, -0.25) is 4.79 Å². The van der Waals surface area contributed by atoms with Crippen LogP contribution in [0.1, 0.15) is 27.0 Å². The lowest BCUT2D eigenvalue weighted by Gasteiger charge is -2.14. The molecule has 0 amide bonds. The van der Waals surface area contributed by atoms with Crippen LogP contribution in [0.25, 0.3) is 0 Å². The fourth-order valence-corrected chi connectivity index (χ4v) is 2.16. The van der Waals surface area contributed by atoms with Crippen LogP contribution in [0.5, 0.6) is 11.5 Å². The molecule has 104 valence electrons. The minimum Gasteiger partial charge on any atom is -0.496 e. The Morgan fingerprint density at radius 2 is 1.80 bits per heavy atom. The molecular formula is C17H18O3. The highest BCUT2D eigenvalue weighted by molar-refractivity contribution is 5.75. The van der Waals surface area contributed by atoms with Crippen molar-refractivity contribution in [2.75, 3.05) is 7.11 Å². The molecule has 0 heterocycles. The molecule has 0 aromatic heterocycles. The Kier molecular flexibility index (Phi) is 4.41. The van der Waals surface area contributed by atoms with Crippen molar-refractivity contribution in [1.82, 2.24) is 0 Å². The third kappa shape index (κ3) is 2.99. The van der Waals surface area contributed by atoms with E-state index in [1.807, 2.05) is 32.0 Å². The van der Waals surface area contributed by atoms with Gasteiger partial charge in [0.15, 0.2) is 0 Å². The Morgan fingerprint density at radius 3 is 2.40 bits per heavy atom. The Balaban J connectivity index is 2.24. The van der Waals surface area contributed by atoms with Gasteiger partial charge < -0.3 is 9.47 Å². The zero-order valence-electron chi connectivity index (χ0n) is 12.0. The first-order valence-electron chi connectivity index (χ1n) is 6.47. The quantitative estimate of drug-likeness (QED) is 0.777. The largest absolute Gasteiger partial charge is 0.496 e. The summed E-state index contributed by atoms with van der Waals surface area (Å²) in [6.45, 7) is 4.40. The van der Waals surface area contributed by atoms with Gasteiger partial charge >= 0.3 is 0 Å². The average Bonchev–Trinajstić information content (AvgIpc) is 2.46. The summed E-state index contributed by atoms with van der Waals surface area (Å²) in [6, 6.07) is 11.3. The molecule has 0 spiro atoms. The van der Waals surface area contributed by atoms with E-state index in [2.05, 4.69) is 0 Å². The van der Waals surface area contributed by atoms with Gasteiger partial charge in [-0.2, -0.15) is 0 Å². The highest BCUT2D eigenvalue weighted by atomic mass is 16.5. The van der Waals surface area contributed by atoms with Crippen molar-refractivity contribution in [3.8, 4) is 11.5 Å². The molecule has 0 fully saturated rings. The second kappa shape index (κ2) is 6.24. The normalized spacial score (nSPS) is 10.2. The van der Waals surface area contributed by atoms with Crippen molar-refractivity contribution in [2.45, 2.75) is 20.5 Å². The van der Waals surface area contributed by atoms with Crippen molar-refractivity contribution < 1.29 is 14.3 Å². The Labute approximate surface area is 119 Å².